The summed E-state index contributed by atoms with van der Waals surface area (Å²) in [5, 5.41) is 11.3. The molecular formula is C49H47ClN8O5S. The third kappa shape index (κ3) is 7.57. The van der Waals surface area contributed by atoms with Crippen molar-refractivity contribution in [2.75, 3.05) is 7.11 Å². The molecule has 0 bridgehead atoms. The number of benzene rings is 2. The van der Waals surface area contributed by atoms with Crippen molar-refractivity contribution in [1.29, 1.82) is 0 Å². The molecule has 0 radical (unpaired) electrons. The number of rotatable bonds is 14. The minimum Gasteiger partial charge on any atom is -0.496 e. The van der Waals surface area contributed by atoms with E-state index in [0.29, 0.717) is 57.1 Å². The van der Waals surface area contributed by atoms with E-state index in [1.807, 2.05) is 86.9 Å². The molecule has 0 saturated carbocycles. The highest BCUT2D eigenvalue weighted by molar-refractivity contribution is 7.15. The number of aromatic nitrogens is 7. The lowest BCUT2D eigenvalue weighted by molar-refractivity contribution is -0.121. The zero-order valence-corrected chi connectivity index (χ0v) is 38.3. The lowest BCUT2D eigenvalue weighted by atomic mass is 9.99. The predicted octanol–water partition coefficient (Wildman–Crippen LogP) is 10.1. The van der Waals surface area contributed by atoms with Crippen LogP contribution in [0.3, 0.4) is 0 Å². The molecule has 2 aromatic carbocycles. The number of ketones is 2. The fourth-order valence-corrected chi connectivity index (χ4v) is 10.3. The van der Waals surface area contributed by atoms with Crippen molar-refractivity contribution < 1.29 is 18.7 Å². The van der Waals surface area contributed by atoms with Crippen LogP contribution >= 0.6 is 22.9 Å². The summed E-state index contributed by atoms with van der Waals surface area (Å²) in [6.45, 7) is 11.8. The molecule has 9 rings (SSSR count). The van der Waals surface area contributed by atoms with Crippen LogP contribution in [0.2, 0.25) is 5.02 Å². The Morgan fingerprint density at radius 1 is 0.953 bits per heavy atom. The van der Waals surface area contributed by atoms with Crippen LogP contribution in [0.5, 0.6) is 5.75 Å². The summed E-state index contributed by atoms with van der Waals surface area (Å²) in [6, 6.07) is 16.0. The fraction of sp³-hybridized carbons (Fsp3) is 0.306. The Hall–Kier alpha value is -6.51. The molecule has 8 aromatic rings. The number of nitrogens with zero attached hydrogens (tertiary/aromatic N) is 8. The SMILES string of the molecule is COc1cc2c(cc1-c1c(C)coc1C)ncc1c2n(C(C)c2ccccn2)c(=O)n1CC(=O)CCCCC(=O)CC1N=C(c2ccc(Cl)cc2)c2c(sc(C)c2C)-n2c(C)nnc21. The Labute approximate surface area is 378 Å². The number of hydrogen-bond donors (Lipinski definition) is 0. The highest BCUT2D eigenvalue weighted by Crippen LogP contribution is 2.42. The number of pyridine rings is 2. The Balaban J connectivity index is 0.954. The molecule has 6 aromatic heterocycles. The summed E-state index contributed by atoms with van der Waals surface area (Å²) in [5.41, 5.74) is 8.70. The molecular weight excluding hydrogens is 848 g/mol. The van der Waals surface area contributed by atoms with Crippen LogP contribution in [0, 0.1) is 34.6 Å². The van der Waals surface area contributed by atoms with Crippen molar-refractivity contribution in [3.8, 4) is 21.9 Å². The zero-order chi connectivity index (χ0) is 45.0. The van der Waals surface area contributed by atoms with Crippen molar-refractivity contribution in [2.24, 2.45) is 4.99 Å². The number of aliphatic imine (C=N–C) groups is 1. The van der Waals surface area contributed by atoms with Crippen LogP contribution in [0.1, 0.15) is 101 Å². The molecule has 13 nitrogen and oxygen atoms in total. The number of hydrogen-bond acceptors (Lipinski definition) is 11. The van der Waals surface area contributed by atoms with Gasteiger partial charge < -0.3 is 9.15 Å². The first-order valence-corrected chi connectivity index (χ1v) is 22.5. The molecule has 0 N–H and O–H groups in total. The van der Waals surface area contributed by atoms with Gasteiger partial charge in [-0.3, -0.25) is 38.3 Å². The van der Waals surface area contributed by atoms with Gasteiger partial charge in [0.1, 0.15) is 34.2 Å². The van der Waals surface area contributed by atoms with Crippen LogP contribution in [0.25, 0.3) is 38.1 Å². The summed E-state index contributed by atoms with van der Waals surface area (Å²) in [4.78, 5) is 57.8. The largest absolute Gasteiger partial charge is 0.496 e. The number of fused-ring (bicyclic) bond motifs is 6. The van der Waals surface area contributed by atoms with Gasteiger partial charge in [-0.2, -0.15) is 0 Å². The molecule has 1 aliphatic heterocycles. The number of methoxy groups -OCH3 is 1. The third-order valence-electron chi connectivity index (χ3n) is 12.3. The van der Waals surface area contributed by atoms with E-state index >= 15 is 0 Å². The number of carbonyl (C=O) groups excluding carboxylic acids is 2. The van der Waals surface area contributed by atoms with E-state index in [9.17, 15) is 14.4 Å². The normalized spacial score (nSPS) is 14.1. The van der Waals surface area contributed by atoms with Gasteiger partial charge in [0.15, 0.2) is 11.6 Å². The number of furan rings is 1. The van der Waals surface area contributed by atoms with Gasteiger partial charge >= 0.3 is 5.69 Å². The predicted molar refractivity (Wildman–Crippen MR) is 250 cm³/mol. The van der Waals surface area contributed by atoms with Crippen LogP contribution in [-0.2, 0) is 16.1 Å². The minimum absolute atomic E-state index is 0.0134. The average Bonchev–Trinajstić information content (AvgIpc) is 3.98. The second kappa shape index (κ2) is 17.2. The van der Waals surface area contributed by atoms with Crippen molar-refractivity contribution in [2.45, 2.75) is 92.3 Å². The van der Waals surface area contributed by atoms with Gasteiger partial charge in [0, 0.05) is 63.0 Å². The second-order valence-corrected chi connectivity index (χ2v) is 18.1. The number of ether oxygens (including phenoxy) is 1. The highest BCUT2D eigenvalue weighted by atomic mass is 35.5. The maximum atomic E-state index is 14.5. The summed E-state index contributed by atoms with van der Waals surface area (Å²) in [7, 11) is 1.61. The zero-order valence-electron chi connectivity index (χ0n) is 36.7. The molecule has 2 atom stereocenters. The number of carbonyl (C=O) groups is 2. The summed E-state index contributed by atoms with van der Waals surface area (Å²) in [5.74, 6) is 2.59. The molecule has 0 fully saturated rings. The molecule has 326 valence electrons. The lowest BCUT2D eigenvalue weighted by Crippen LogP contribution is -2.29. The third-order valence-corrected chi connectivity index (χ3v) is 13.8. The van der Waals surface area contributed by atoms with E-state index < -0.39 is 12.1 Å². The van der Waals surface area contributed by atoms with Crippen LogP contribution in [0.15, 0.2) is 87.5 Å². The van der Waals surface area contributed by atoms with E-state index in [2.05, 4.69) is 29.0 Å². The molecule has 0 spiro atoms. The minimum atomic E-state index is -0.562. The standard InChI is InChI=1S/C49H47ClN8O5S/c1-26-25-63-29(4)43(26)37-21-39-36(22-42(37)62-7)46-41(23-52-39)56(49(61)57(46)28(3)38-14-10-11-19-51-38)24-35(60)13-9-8-12-34(59)20-40-47-55-54-31(6)58(47)48-44(27(2)30(5)64-48)45(53-40)32-15-17-33(50)18-16-32/h10-11,14-19,21-23,25,28,40H,8-9,12-13,20,24H2,1-7H3. The maximum Gasteiger partial charge on any atom is 0.330 e. The van der Waals surface area contributed by atoms with Crippen LogP contribution in [-0.4, -0.2) is 58.3 Å². The van der Waals surface area contributed by atoms with Gasteiger partial charge in [-0.25, -0.2) is 4.79 Å². The first-order valence-electron chi connectivity index (χ1n) is 21.3. The van der Waals surface area contributed by atoms with E-state index in [1.165, 1.54) is 9.44 Å². The van der Waals surface area contributed by atoms with E-state index in [-0.39, 0.29) is 43.1 Å². The average molecular weight is 895 g/mol. The maximum absolute atomic E-state index is 14.5. The van der Waals surface area contributed by atoms with E-state index in [0.717, 1.165) is 55.7 Å². The number of Topliss-reactive ketones (excluding diaryl/α,β-unsaturated/α-hetero) is 2. The Bertz CT molecular complexity index is 3190. The Kier molecular flexibility index (Phi) is 11.5. The molecule has 0 amide bonds. The summed E-state index contributed by atoms with van der Waals surface area (Å²) in [6.07, 6.45) is 6.65. The van der Waals surface area contributed by atoms with Gasteiger partial charge in [0.05, 0.1) is 60.1 Å². The Morgan fingerprint density at radius 2 is 1.72 bits per heavy atom. The first kappa shape index (κ1) is 42.8. The van der Waals surface area contributed by atoms with E-state index in [1.54, 1.807) is 41.7 Å². The molecule has 2 unspecified atom stereocenters. The van der Waals surface area contributed by atoms with Crippen LogP contribution < -0.4 is 10.4 Å². The molecule has 0 saturated heterocycles. The topological polar surface area (TPSA) is 152 Å². The van der Waals surface area contributed by atoms with Gasteiger partial charge in [0.2, 0.25) is 0 Å². The van der Waals surface area contributed by atoms with Crippen molar-refractivity contribution in [1.82, 2.24) is 33.9 Å². The van der Waals surface area contributed by atoms with Crippen molar-refractivity contribution >= 4 is 62.2 Å². The van der Waals surface area contributed by atoms with Gasteiger partial charge in [-0.1, -0.05) is 29.8 Å². The van der Waals surface area contributed by atoms with Crippen molar-refractivity contribution in [3.63, 3.8) is 0 Å². The summed E-state index contributed by atoms with van der Waals surface area (Å²) < 4.78 is 16.9. The number of aryl methyl sites for hydroxylation is 4. The number of thiophene rings is 1. The van der Waals surface area contributed by atoms with Gasteiger partial charge in [0.25, 0.3) is 0 Å². The second-order valence-electron chi connectivity index (χ2n) is 16.5. The monoisotopic (exact) mass is 894 g/mol. The Morgan fingerprint density at radius 3 is 2.42 bits per heavy atom. The highest BCUT2D eigenvalue weighted by Gasteiger charge is 2.33. The van der Waals surface area contributed by atoms with Gasteiger partial charge in [-0.15, -0.1) is 21.5 Å². The molecule has 64 heavy (non-hydrogen) atoms. The van der Waals surface area contributed by atoms with E-state index in [4.69, 9.17) is 30.7 Å². The molecule has 15 heteroatoms. The van der Waals surface area contributed by atoms with Gasteiger partial charge in [-0.05, 0) is 102 Å². The molecule has 0 aliphatic carbocycles. The number of halogens is 1. The molecule has 1 aliphatic rings. The lowest BCUT2D eigenvalue weighted by Gasteiger charge is -2.15. The molecule has 7 heterocycles. The fourth-order valence-electron chi connectivity index (χ4n) is 8.93. The number of unbranched alkanes of at least 4 members (excludes halogenated alkanes) is 1. The first-order chi connectivity index (χ1) is 30.8. The summed E-state index contributed by atoms with van der Waals surface area (Å²) >= 11 is 7.94. The quantitative estimate of drug-likeness (QED) is 0.0971. The van der Waals surface area contributed by atoms with Crippen molar-refractivity contribution in [3.05, 3.63) is 139 Å². The van der Waals surface area contributed by atoms with Crippen LogP contribution in [0.4, 0.5) is 0 Å². The number of imidazole rings is 1. The smallest absolute Gasteiger partial charge is 0.330 e.